The van der Waals surface area contributed by atoms with E-state index in [1.807, 2.05) is 48.0 Å². The Balaban J connectivity index is 1.18. The van der Waals surface area contributed by atoms with Crippen molar-refractivity contribution in [3.63, 3.8) is 0 Å². The Bertz CT molecular complexity index is 1780. The molecular weight excluding hydrogens is 596 g/mol. The number of fused-ring (bicyclic) bond motifs is 3. The number of pyridine rings is 1. The van der Waals surface area contributed by atoms with E-state index in [4.69, 9.17) is 15.2 Å². The van der Waals surface area contributed by atoms with Crippen molar-refractivity contribution < 1.29 is 14.3 Å². The lowest BCUT2D eigenvalue weighted by Gasteiger charge is -2.27. The average molecular weight is 643 g/mol. The third kappa shape index (κ3) is 10.3. The summed E-state index contributed by atoms with van der Waals surface area (Å²) in [5.41, 5.74) is 10.1. The summed E-state index contributed by atoms with van der Waals surface area (Å²) in [5, 5.41) is 10.7. The molecule has 7 heteroatoms. The number of nitrogens with two attached hydrogens (primary N) is 1. The highest BCUT2D eigenvalue weighted by atomic mass is 16.5. The topological polar surface area (TPSA) is 103 Å². The van der Waals surface area contributed by atoms with Crippen LogP contribution in [0.2, 0.25) is 0 Å². The molecule has 248 valence electrons. The number of nitrogens with zero attached hydrogens (tertiary/aromatic N) is 3. The molecule has 3 aromatic rings. The molecule has 48 heavy (non-hydrogen) atoms. The van der Waals surface area contributed by atoms with Crippen LogP contribution in [0.1, 0.15) is 80.9 Å². The van der Waals surface area contributed by atoms with Crippen LogP contribution < -0.4 is 10.5 Å². The lowest BCUT2D eigenvalue weighted by Crippen LogP contribution is -2.21. The van der Waals surface area contributed by atoms with Gasteiger partial charge in [0.15, 0.2) is 6.73 Å². The number of hydrogen-bond donors (Lipinski definition) is 1. The van der Waals surface area contributed by atoms with Gasteiger partial charge in [-0.25, -0.2) is 0 Å². The van der Waals surface area contributed by atoms with Crippen molar-refractivity contribution >= 4 is 16.9 Å². The van der Waals surface area contributed by atoms with Crippen molar-refractivity contribution in [1.82, 2.24) is 9.55 Å². The molecule has 0 amide bonds. The number of aromatic nitrogens is 2. The Morgan fingerprint density at radius 2 is 1.56 bits per heavy atom. The van der Waals surface area contributed by atoms with Crippen molar-refractivity contribution in [2.75, 3.05) is 0 Å². The van der Waals surface area contributed by atoms with Crippen LogP contribution >= 0.6 is 0 Å². The Hall–Kier alpha value is -5.35. The van der Waals surface area contributed by atoms with Crippen LogP contribution in [0.3, 0.4) is 0 Å². The van der Waals surface area contributed by atoms with Crippen molar-refractivity contribution in [2.24, 2.45) is 5.73 Å². The molecule has 2 aromatic heterocycles. The molecule has 0 spiro atoms. The molecule has 1 aliphatic rings. The van der Waals surface area contributed by atoms with Crippen LogP contribution in [0.4, 0.5) is 0 Å². The number of rotatable bonds is 17. The molecule has 0 fully saturated rings. The van der Waals surface area contributed by atoms with E-state index in [2.05, 4.69) is 84.8 Å². The number of carbonyl (C=O) groups is 1. The molecule has 1 aliphatic heterocycles. The monoisotopic (exact) mass is 642 g/mol. The Labute approximate surface area is 284 Å². The quantitative estimate of drug-likeness (QED) is 0.116. The summed E-state index contributed by atoms with van der Waals surface area (Å²) < 4.78 is 13.4. The standard InChI is InChI=1S/C41H46N4O3/c1-3-4-5-6-7-8-9-10-11-12-13-14-15-16-17-18-19-20-21-22-38(46)47-31-45-26-25-34-37(45)24-23-35-39(33-27-32(2)29-44-30-33)36(28-42)41(43)48-40(34)35/h4-5,7-8,10-11,13-14,16-17,19-20,23-27,29-30,39H,3,6,9,12,15,18,21-22,31,43H2,1-2H3/b5-4+,8-7+,11-10+,14-13+,17-16+,20-19+. The van der Waals surface area contributed by atoms with Crippen LogP contribution in [-0.4, -0.2) is 15.5 Å². The summed E-state index contributed by atoms with van der Waals surface area (Å²) in [5.74, 6) is 0.0324. The lowest BCUT2D eigenvalue weighted by atomic mass is 9.83. The zero-order valence-corrected chi connectivity index (χ0v) is 28.1. The van der Waals surface area contributed by atoms with Gasteiger partial charge in [0, 0.05) is 36.0 Å². The zero-order valence-electron chi connectivity index (χ0n) is 28.1. The molecule has 7 nitrogen and oxygen atoms in total. The highest BCUT2D eigenvalue weighted by Crippen LogP contribution is 2.45. The van der Waals surface area contributed by atoms with Crippen LogP contribution in [0.5, 0.6) is 5.75 Å². The van der Waals surface area contributed by atoms with E-state index in [9.17, 15) is 10.1 Å². The van der Waals surface area contributed by atoms with Crippen LogP contribution in [0.25, 0.3) is 10.9 Å². The highest BCUT2D eigenvalue weighted by Gasteiger charge is 2.32. The second kappa shape index (κ2) is 19.3. The van der Waals surface area contributed by atoms with Crippen molar-refractivity contribution in [1.29, 1.82) is 5.26 Å². The maximum absolute atomic E-state index is 12.4. The van der Waals surface area contributed by atoms with Gasteiger partial charge in [-0.3, -0.25) is 9.78 Å². The number of nitriles is 1. The van der Waals surface area contributed by atoms with Crippen molar-refractivity contribution in [3.8, 4) is 11.8 Å². The van der Waals surface area contributed by atoms with Gasteiger partial charge in [0.2, 0.25) is 5.88 Å². The minimum Gasteiger partial charge on any atom is -0.444 e. The number of esters is 1. The van der Waals surface area contributed by atoms with Crippen molar-refractivity contribution in [3.05, 3.63) is 144 Å². The average Bonchev–Trinajstić information content (AvgIpc) is 3.51. The SMILES string of the molecule is CC/C=C/C/C=C/C/C=C/C/C=C/C/C=C/C/C=C/CCC(=O)OCn1ccc2c3c(ccc21)C(c1cncc(C)c1)C(C#N)=C(N)O3. The Kier molecular flexibility index (Phi) is 14.3. The molecule has 0 aliphatic carbocycles. The molecular formula is C41H46N4O3. The van der Waals surface area contributed by atoms with E-state index in [-0.39, 0.29) is 24.5 Å². The molecule has 1 atom stereocenters. The molecule has 3 heterocycles. The number of aryl methyl sites for hydroxylation is 1. The first kappa shape index (κ1) is 35.5. The minimum atomic E-state index is -0.384. The molecule has 0 saturated carbocycles. The largest absolute Gasteiger partial charge is 0.444 e. The second-order valence-corrected chi connectivity index (χ2v) is 11.5. The summed E-state index contributed by atoms with van der Waals surface area (Å²) in [6, 6.07) is 10.0. The minimum absolute atomic E-state index is 0.0811. The molecule has 0 radical (unpaired) electrons. The predicted octanol–water partition coefficient (Wildman–Crippen LogP) is 9.54. The molecule has 2 N–H and O–H groups in total. The zero-order chi connectivity index (χ0) is 34.0. The van der Waals surface area contributed by atoms with E-state index in [0.717, 1.165) is 66.1 Å². The van der Waals surface area contributed by atoms with Gasteiger partial charge in [0.05, 0.1) is 11.4 Å². The van der Waals surface area contributed by atoms with Crippen LogP contribution in [-0.2, 0) is 16.3 Å². The first-order valence-corrected chi connectivity index (χ1v) is 16.7. The van der Waals surface area contributed by atoms with Gasteiger partial charge in [0.1, 0.15) is 17.4 Å². The van der Waals surface area contributed by atoms with Gasteiger partial charge in [-0.1, -0.05) is 92.0 Å². The van der Waals surface area contributed by atoms with E-state index < -0.39 is 0 Å². The predicted molar refractivity (Wildman–Crippen MR) is 194 cm³/mol. The smallest absolute Gasteiger partial charge is 0.307 e. The fourth-order valence-corrected chi connectivity index (χ4v) is 5.44. The highest BCUT2D eigenvalue weighted by molar-refractivity contribution is 5.89. The van der Waals surface area contributed by atoms with Gasteiger partial charge in [-0.15, -0.1) is 0 Å². The number of hydrogen-bond acceptors (Lipinski definition) is 6. The third-order valence-corrected chi connectivity index (χ3v) is 7.84. The van der Waals surface area contributed by atoms with Gasteiger partial charge < -0.3 is 19.8 Å². The Morgan fingerprint density at radius 1 is 0.938 bits per heavy atom. The Morgan fingerprint density at radius 3 is 2.17 bits per heavy atom. The van der Waals surface area contributed by atoms with Gasteiger partial charge in [0.25, 0.3) is 0 Å². The fraction of sp³-hybridized carbons (Fsp3) is 0.293. The van der Waals surface area contributed by atoms with E-state index in [1.54, 1.807) is 12.4 Å². The first-order chi connectivity index (χ1) is 23.5. The molecule has 1 aromatic carbocycles. The van der Waals surface area contributed by atoms with Crippen LogP contribution in [0, 0.1) is 18.3 Å². The second-order valence-electron chi connectivity index (χ2n) is 11.5. The van der Waals surface area contributed by atoms with Gasteiger partial charge >= 0.3 is 5.97 Å². The van der Waals surface area contributed by atoms with Crippen molar-refractivity contribution in [2.45, 2.75) is 77.9 Å². The molecule has 0 saturated heterocycles. The summed E-state index contributed by atoms with van der Waals surface area (Å²) in [7, 11) is 0. The summed E-state index contributed by atoms with van der Waals surface area (Å²) >= 11 is 0. The van der Waals surface area contributed by atoms with E-state index in [0.29, 0.717) is 24.2 Å². The number of benzene rings is 1. The first-order valence-electron chi connectivity index (χ1n) is 16.7. The maximum atomic E-state index is 12.4. The van der Waals surface area contributed by atoms with Gasteiger partial charge in [-0.05, 0) is 75.1 Å². The third-order valence-electron chi connectivity index (χ3n) is 7.84. The van der Waals surface area contributed by atoms with Gasteiger partial charge in [-0.2, -0.15) is 5.26 Å². The lowest BCUT2D eigenvalue weighted by molar-refractivity contribution is -0.147. The molecule has 1 unspecified atom stereocenters. The summed E-state index contributed by atoms with van der Waals surface area (Å²) in [4.78, 5) is 16.8. The normalized spacial score (nSPS) is 15.1. The van der Waals surface area contributed by atoms with Crippen LogP contribution in [0.15, 0.2) is 127 Å². The summed E-state index contributed by atoms with van der Waals surface area (Å²) in [6.07, 6.45) is 38.1. The molecule has 4 rings (SSSR count). The van der Waals surface area contributed by atoms with E-state index in [1.165, 1.54) is 0 Å². The maximum Gasteiger partial charge on any atom is 0.307 e. The number of ether oxygens (including phenoxy) is 2. The molecule has 0 bridgehead atoms. The number of allylic oxidation sites excluding steroid dienone is 13. The number of carbonyl (C=O) groups excluding carboxylic acids is 1. The summed E-state index contributed by atoms with van der Waals surface area (Å²) in [6.45, 7) is 4.20. The van der Waals surface area contributed by atoms with E-state index >= 15 is 0 Å². The fourth-order valence-electron chi connectivity index (χ4n) is 5.44.